The minimum absolute atomic E-state index is 0.0116. The molecule has 0 fully saturated rings. The number of ether oxygens (including phenoxy) is 1. The van der Waals surface area contributed by atoms with Crippen LogP contribution in [-0.4, -0.2) is 39.0 Å². The van der Waals surface area contributed by atoms with E-state index in [-0.39, 0.29) is 31.7 Å². The third kappa shape index (κ3) is 3.53. The van der Waals surface area contributed by atoms with Gasteiger partial charge in [-0.3, -0.25) is 4.79 Å². The molecule has 0 bridgehead atoms. The zero-order valence-electron chi connectivity index (χ0n) is 10.7. The van der Waals surface area contributed by atoms with Gasteiger partial charge in [-0.15, -0.1) is 5.10 Å². The number of aliphatic hydroxyl groups is 1. The van der Waals surface area contributed by atoms with Gasteiger partial charge in [0.2, 0.25) is 11.8 Å². The van der Waals surface area contributed by atoms with Gasteiger partial charge in [0.25, 0.3) is 5.91 Å². The number of nitrogens with one attached hydrogen (secondary N) is 1. The van der Waals surface area contributed by atoms with Crippen LogP contribution in [0.1, 0.15) is 10.6 Å². The van der Waals surface area contributed by atoms with Crippen LogP contribution in [0.25, 0.3) is 0 Å². The number of nitrogens with two attached hydrogens (primary N) is 1. The maximum atomic E-state index is 12.1. The van der Waals surface area contributed by atoms with Crippen LogP contribution in [0.4, 0.5) is 11.6 Å². The van der Waals surface area contributed by atoms with Crippen LogP contribution in [0.2, 0.25) is 0 Å². The lowest BCUT2D eigenvalue weighted by Crippen LogP contribution is -2.20. The Kier molecular flexibility index (Phi) is 4.64. The van der Waals surface area contributed by atoms with E-state index in [4.69, 9.17) is 15.6 Å². The smallest absolute Gasteiger partial charge is 0.293 e. The normalized spacial score (nSPS) is 10.4. The highest BCUT2D eigenvalue weighted by atomic mass is 16.5. The number of benzene rings is 1. The van der Waals surface area contributed by atoms with Crippen LogP contribution in [0.3, 0.4) is 0 Å². The maximum Gasteiger partial charge on any atom is 0.293 e. The highest BCUT2D eigenvalue weighted by molar-refractivity contribution is 6.01. The molecule has 0 aliphatic carbocycles. The number of para-hydroxylation sites is 1. The van der Waals surface area contributed by atoms with Crippen molar-refractivity contribution in [3.05, 3.63) is 36.2 Å². The van der Waals surface area contributed by atoms with Crippen molar-refractivity contribution in [2.24, 2.45) is 0 Å². The van der Waals surface area contributed by atoms with Crippen LogP contribution in [-0.2, 0) is 11.5 Å². The Hall–Kier alpha value is -2.45. The van der Waals surface area contributed by atoms with Crippen LogP contribution < -0.4 is 11.1 Å². The van der Waals surface area contributed by atoms with E-state index in [1.54, 1.807) is 24.3 Å². The summed E-state index contributed by atoms with van der Waals surface area (Å²) in [4.78, 5) is 15.9. The zero-order chi connectivity index (χ0) is 14.4. The molecule has 1 aromatic heterocycles. The lowest BCUT2D eigenvalue weighted by atomic mass is 10.3. The number of nitrogen functional groups attached to an aromatic ring is 1. The summed E-state index contributed by atoms with van der Waals surface area (Å²) in [6, 6.07) is 8.96. The van der Waals surface area contributed by atoms with E-state index in [0.29, 0.717) is 5.69 Å². The third-order valence-corrected chi connectivity index (χ3v) is 2.37. The van der Waals surface area contributed by atoms with Crippen molar-refractivity contribution < 1.29 is 14.6 Å². The summed E-state index contributed by atoms with van der Waals surface area (Å²) in [5.41, 5.74) is 6.13. The minimum atomic E-state index is -0.437. The molecule has 2 rings (SSSR count). The lowest BCUT2D eigenvalue weighted by Gasteiger charge is -2.07. The second-order valence-corrected chi connectivity index (χ2v) is 3.87. The third-order valence-electron chi connectivity index (χ3n) is 2.37. The maximum absolute atomic E-state index is 12.1. The van der Waals surface area contributed by atoms with E-state index in [0.717, 1.165) is 0 Å². The number of nitrogens with zero attached hydrogens (tertiary/aromatic N) is 3. The number of hydrogen-bond donors (Lipinski definition) is 3. The summed E-state index contributed by atoms with van der Waals surface area (Å²) in [5.74, 6) is -0.409. The Morgan fingerprint density at radius 1 is 1.40 bits per heavy atom. The summed E-state index contributed by atoms with van der Waals surface area (Å²) in [7, 11) is 0. The Morgan fingerprint density at radius 3 is 2.85 bits per heavy atom. The van der Waals surface area contributed by atoms with Gasteiger partial charge in [-0.1, -0.05) is 18.2 Å². The number of anilines is 2. The minimum Gasteiger partial charge on any atom is -0.394 e. The molecule has 2 aromatic rings. The standard InChI is InChI=1S/C12H15N5O3/c13-12-15-10(17(16-12)8-20-7-6-18)11(19)14-9-4-2-1-3-5-9/h1-5,18H,6-8H2,(H2,13,16)(H,14,19). The molecule has 0 atom stereocenters. The van der Waals surface area contributed by atoms with E-state index in [2.05, 4.69) is 15.4 Å². The van der Waals surface area contributed by atoms with Crippen LogP contribution >= 0.6 is 0 Å². The fraction of sp³-hybridized carbons (Fsp3) is 0.250. The van der Waals surface area contributed by atoms with E-state index >= 15 is 0 Å². The Bertz CT molecular complexity index is 570. The average Bonchev–Trinajstić information content (AvgIpc) is 2.81. The Morgan fingerprint density at radius 2 is 2.15 bits per heavy atom. The van der Waals surface area contributed by atoms with E-state index in [9.17, 15) is 4.79 Å². The number of carbonyl (C=O) groups is 1. The van der Waals surface area contributed by atoms with E-state index in [1.807, 2.05) is 6.07 Å². The second kappa shape index (κ2) is 6.64. The molecule has 20 heavy (non-hydrogen) atoms. The van der Waals surface area contributed by atoms with Gasteiger partial charge >= 0.3 is 0 Å². The molecule has 0 saturated carbocycles. The molecule has 1 amide bonds. The van der Waals surface area contributed by atoms with Gasteiger partial charge in [-0.2, -0.15) is 4.98 Å². The fourth-order valence-corrected chi connectivity index (χ4v) is 1.54. The Balaban J connectivity index is 2.09. The van der Waals surface area contributed by atoms with Gasteiger partial charge in [0.1, 0.15) is 6.73 Å². The van der Waals surface area contributed by atoms with Gasteiger partial charge in [0.15, 0.2) is 0 Å². The van der Waals surface area contributed by atoms with Crippen molar-refractivity contribution in [3.8, 4) is 0 Å². The molecule has 8 nitrogen and oxygen atoms in total. The van der Waals surface area contributed by atoms with Crippen molar-refractivity contribution in [2.45, 2.75) is 6.73 Å². The van der Waals surface area contributed by atoms with Crippen molar-refractivity contribution in [1.82, 2.24) is 14.8 Å². The number of amides is 1. The van der Waals surface area contributed by atoms with Crippen LogP contribution in [0.5, 0.6) is 0 Å². The molecule has 0 radical (unpaired) electrons. The monoisotopic (exact) mass is 277 g/mol. The summed E-state index contributed by atoms with van der Waals surface area (Å²) in [6.45, 7) is 0.0114. The highest BCUT2D eigenvalue weighted by Gasteiger charge is 2.16. The van der Waals surface area contributed by atoms with Crippen molar-refractivity contribution in [3.63, 3.8) is 0 Å². The molecule has 0 aliphatic rings. The first-order chi connectivity index (χ1) is 9.70. The van der Waals surface area contributed by atoms with Crippen molar-refractivity contribution in [1.29, 1.82) is 0 Å². The molecule has 0 aliphatic heterocycles. The number of carbonyl (C=O) groups excluding carboxylic acids is 1. The van der Waals surface area contributed by atoms with Crippen molar-refractivity contribution >= 4 is 17.5 Å². The van der Waals surface area contributed by atoms with Gasteiger partial charge in [0.05, 0.1) is 13.2 Å². The van der Waals surface area contributed by atoms with Gasteiger partial charge in [-0.05, 0) is 12.1 Å². The Labute approximate surface area is 115 Å². The summed E-state index contributed by atoms with van der Waals surface area (Å²) < 4.78 is 6.34. The van der Waals surface area contributed by atoms with Gasteiger partial charge in [0, 0.05) is 5.69 Å². The first-order valence-electron chi connectivity index (χ1n) is 5.96. The zero-order valence-corrected chi connectivity index (χ0v) is 10.7. The molecule has 1 heterocycles. The summed E-state index contributed by atoms with van der Waals surface area (Å²) in [5, 5.41) is 15.2. The number of rotatable bonds is 6. The van der Waals surface area contributed by atoms with E-state index < -0.39 is 5.91 Å². The predicted octanol–water partition coefficient (Wildman–Crippen LogP) is 0.0790. The second-order valence-electron chi connectivity index (χ2n) is 3.87. The predicted molar refractivity (Wildman–Crippen MR) is 71.9 cm³/mol. The molecule has 4 N–H and O–H groups in total. The van der Waals surface area contributed by atoms with Crippen LogP contribution in [0.15, 0.2) is 30.3 Å². The van der Waals surface area contributed by atoms with Gasteiger partial charge < -0.3 is 20.9 Å². The number of hydrogen-bond acceptors (Lipinski definition) is 6. The van der Waals surface area contributed by atoms with Gasteiger partial charge in [-0.25, -0.2) is 4.68 Å². The largest absolute Gasteiger partial charge is 0.394 e. The fourth-order valence-electron chi connectivity index (χ4n) is 1.54. The molecule has 0 spiro atoms. The van der Waals surface area contributed by atoms with Crippen LogP contribution in [0, 0.1) is 0 Å². The molecule has 8 heteroatoms. The lowest BCUT2D eigenvalue weighted by molar-refractivity contribution is 0.0401. The average molecular weight is 277 g/mol. The summed E-state index contributed by atoms with van der Waals surface area (Å²) >= 11 is 0. The SMILES string of the molecule is Nc1nc(C(=O)Nc2ccccc2)n(COCCO)n1. The quantitative estimate of drug-likeness (QED) is 0.644. The molecule has 0 saturated heterocycles. The molecule has 106 valence electrons. The molecule has 1 aromatic carbocycles. The van der Waals surface area contributed by atoms with Crippen molar-refractivity contribution in [2.75, 3.05) is 24.3 Å². The molecule has 0 unspecified atom stereocenters. The topological polar surface area (TPSA) is 115 Å². The highest BCUT2D eigenvalue weighted by Crippen LogP contribution is 2.08. The first kappa shape index (κ1) is 14.0. The summed E-state index contributed by atoms with van der Waals surface area (Å²) in [6.07, 6.45) is 0. The number of aliphatic hydroxyl groups excluding tert-OH is 1. The number of aromatic nitrogens is 3. The molecular weight excluding hydrogens is 262 g/mol. The molecular formula is C12H15N5O3. The first-order valence-corrected chi connectivity index (χ1v) is 5.96. The van der Waals surface area contributed by atoms with E-state index in [1.165, 1.54) is 4.68 Å².